The van der Waals surface area contributed by atoms with Gasteiger partial charge in [-0.05, 0) is 54.0 Å². The molecule has 1 saturated heterocycles. The molecule has 1 aromatic heterocycles. The van der Waals surface area contributed by atoms with Crippen LogP contribution in [0.2, 0.25) is 0 Å². The Kier molecular flexibility index (Phi) is 4.34. The minimum atomic E-state index is -0.245. The Morgan fingerprint density at radius 1 is 1.28 bits per heavy atom. The van der Waals surface area contributed by atoms with Gasteiger partial charge in [0, 0.05) is 30.6 Å². The fraction of sp³-hybridized carbons (Fsp3) is 0.400. The number of aryl methyl sites for hydroxylation is 2. The number of thiophene rings is 1. The van der Waals surface area contributed by atoms with E-state index in [4.69, 9.17) is 0 Å². The number of amides is 2. The number of carbonyl (C=O) groups is 2. The van der Waals surface area contributed by atoms with Crippen molar-refractivity contribution >= 4 is 28.8 Å². The van der Waals surface area contributed by atoms with Crippen molar-refractivity contribution in [1.29, 1.82) is 0 Å². The zero-order valence-corrected chi connectivity index (χ0v) is 15.2. The fourth-order valence-corrected chi connectivity index (χ4v) is 4.63. The zero-order valence-electron chi connectivity index (χ0n) is 14.4. The lowest BCUT2D eigenvalue weighted by molar-refractivity contribution is -0.135. The smallest absolute Gasteiger partial charge is 0.228 e. The highest BCUT2D eigenvalue weighted by atomic mass is 32.1. The number of hydrogen-bond donors (Lipinski definition) is 0. The SMILES string of the molecule is CN(Cc1cccs1)C(=O)[C@H]1CC(=O)N(c2ccc3c(c2)CCC3)C1. The summed E-state index contributed by atoms with van der Waals surface area (Å²) >= 11 is 1.65. The van der Waals surface area contributed by atoms with E-state index in [1.54, 1.807) is 21.1 Å². The molecular weight excluding hydrogens is 332 g/mol. The van der Waals surface area contributed by atoms with Gasteiger partial charge in [-0.15, -0.1) is 11.3 Å². The molecule has 1 atom stereocenters. The molecule has 0 radical (unpaired) electrons. The van der Waals surface area contributed by atoms with E-state index in [9.17, 15) is 9.59 Å². The van der Waals surface area contributed by atoms with E-state index < -0.39 is 0 Å². The number of benzene rings is 1. The number of anilines is 1. The lowest BCUT2D eigenvalue weighted by Crippen LogP contribution is -2.34. The molecule has 130 valence electrons. The first-order valence-electron chi connectivity index (χ1n) is 8.81. The lowest BCUT2D eigenvalue weighted by atomic mass is 10.1. The molecule has 2 aromatic rings. The van der Waals surface area contributed by atoms with Crippen molar-refractivity contribution in [3.8, 4) is 0 Å². The molecule has 5 heteroatoms. The van der Waals surface area contributed by atoms with Crippen LogP contribution in [0, 0.1) is 5.92 Å². The van der Waals surface area contributed by atoms with Crippen molar-refractivity contribution in [2.45, 2.75) is 32.2 Å². The molecule has 4 rings (SSSR count). The second-order valence-corrected chi connectivity index (χ2v) is 8.02. The van der Waals surface area contributed by atoms with Crippen LogP contribution in [0.25, 0.3) is 0 Å². The van der Waals surface area contributed by atoms with Gasteiger partial charge in [-0.25, -0.2) is 0 Å². The molecule has 1 aromatic carbocycles. The highest BCUT2D eigenvalue weighted by molar-refractivity contribution is 7.09. The molecule has 1 aliphatic heterocycles. The van der Waals surface area contributed by atoms with Crippen molar-refractivity contribution < 1.29 is 9.59 Å². The maximum atomic E-state index is 12.7. The van der Waals surface area contributed by atoms with Crippen LogP contribution in [0.4, 0.5) is 5.69 Å². The van der Waals surface area contributed by atoms with E-state index in [1.165, 1.54) is 17.5 Å². The van der Waals surface area contributed by atoms with E-state index in [2.05, 4.69) is 12.1 Å². The highest BCUT2D eigenvalue weighted by Crippen LogP contribution is 2.31. The first-order chi connectivity index (χ1) is 12.1. The zero-order chi connectivity index (χ0) is 17.4. The van der Waals surface area contributed by atoms with Crippen LogP contribution < -0.4 is 4.90 Å². The Morgan fingerprint density at radius 2 is 2.12 bits per heavy atom. The van der Waals surface area contributed by atoms with Gasteiger partial charge in [0.2, 0.25) is 11.8 Å². The summed E-state index contributed by atoms with van der Waals surface area (Å²) in [5, 5.41) is 2.02. The van der Waals surface area contributed by atoms with Crippen molar-refractivity contribution in [2.24, 2.45) is 5.92 Å². The maximum Gasteiger partial charge on any atom is 0.228 e. The van der Waals surface area contributed by atoms with Gasteiger partial charge in [-0.3, -0.25) is 9.59 Å². The Hall–Kier alpha value is -2.14. The molecule has 0 saturated carbocycles. The summed E-state index contributed by atoms with van der Waals surface area (Å²) in [7, 11) is 1.82. The normalized spacial score (nSPS) is 19.3. The monoisotopic (exact) mass is 354 g/mol. The summed E-state index contributed by atoms with van der Waals surface area (Å²) in [6.07, 6.45) is 3.74. The third kappa shape index (κ3) is 3.21. The number of nitrogens with zero attached hydrogens (tertiary/aromatic N) is 2. The van der Waals surface area contributed by atoms with Gasteiger partial charge in [0.15, 0.2) is 0 Å². The first-order valence-corrected chi connectivity index (χ1v) is 9.69. The molecule has 0 bridgehead atoms. The van der Waals surface area contributed by atoms with Gasteiger partial charge in [0.25, 0.3) is 0 Å². The van der Waals surface area contributed by atoms with Crippen molar-refractivity contribution in [2.75, 3.05) is 18.5 Å². The molecule has 2 aliphatic rings. The molecule has 0 spiro atoms. The van der Waals surface area contributed by atoms with E-state index in [0.717, 1.165) is 23.4 Å². The lowest BCUT2D eigenvalue weighted by Gasteiger charge is -2.21. The van der Waals surface area contributed by atoms with Crippen LogP contribution in [0.15, 0.2) is 35.7 Å². The summed E-state index contributed by atoms with van der Waals surface area (Å²) < 4.78 is 0. The second kappa shape index (κ2) is 6.64. The largest absolute Gasteiger partial charge is 0.340 e. The van der Waals surface area contributed by atoms with Crippen LogP contribution >= 0.6 is 11.3 Å². The Bertz CT molecular complexity index is 800. The van der Waals surface area contributed by atoms with Crippen molar-refractivity contribution in [3.63, 3.8) is 0 Å². The van der Waals surface area contributed by atoms with Gasteiger partial charge in [-0.1, -0.05) is 12.1 Å². The molecule has 4 nitrogen and oxygen atoms in total. The predicted molar refractivity (Wildman–Crippen MR) is 99.7 cm³/mol. The molecule has 25 heavy (non-hydrogen) atoms. The average Bonchev–Trinajstić information content (AvgIpc) is 3.33. The summed E-state index contributed by atoms with van der Waals surface area (Å²) in [6, 6.07) is 10.3. The van der Waals surface area contributed by atoms with Crippen molar-refractivity contribution in [1.82, 2.24) is 4.90 Å². The Morgan fingerprint density at radius 3 is 2.92 bits per heavy atom. The Balaban J connectivity index is 1.45. The number of hydrogen-bond acceptors (Lipinski definition) is 3. The van der Waals surface area contributed by atoms with Crippen LogP contribution in [-0.4, -0.2) is 30.3 Å². The van der Waals surface area contributed by atoms with Gasteiger partial charge in [0.1, 0.15) is 0 Å². The fourth-order valence-electron chi connectivity index (χ4n) is 3.87. The first kappa shape index (κ1) is 16.3. The van der Waals surface area contributed by atoms with Crippen LogP contribution in [0.5, 0.6) is 0 Å². The molecule has 1 fully saturated rings. The molecule has 0 unspecified atom stereocenters. The van der Waals surface area contributed by atoms with Gasteiger partial charge in [0.05, 0.1) is 12.5 Å². The van der Waals surface area contributed by atoms with Crippen molar-refractivity contribution in [3.05, 3.63) is 51.7 Å². The summed E-state index contributed by atoms with van der Waals surface area (Å²) in [6.45, 7) is 1.10. The Labute approximate surface area is 152 Å². The highest BCUT2D eigenvalue weighted by Gasteiger charge is 2.36. The summed E-state index contributed by atoms with van der Waals surface area (Å²) in [5.74, 6) is -0.128. The van der Waals surface area contributed by atoms with Gasteiger partial charge >= 0.3 is 0 Å². The topological polar surface area (TPSA) is 40.6 Å². The van der Waals surface area contributed by atoms with E-state index in [-0.39, 0.29) is 17.7 Å². The molecule has 2 heterocycles. The third-order valence-electron chi connectivity index (χ3n) is 5.22. The quantitative estimate of drug-likeness (QED) is 0.846. The average molecular weight is 354 g/mol. The number of fused-ring (bicyclic) bond motifs is 1. The van der Waals surface area contributed by atoms with Crippen LogP contribution in [0.3, 0.4) is 0 Å². The molecular formula is C20H22N2O2S. The van der Waals surface area contributed by atoms with Crippen LogP contribution in [-0.2, 0) is 29.0 Å². The maximum absolute atomic E-state index is 12.7. The van der Waals surface area contributed by atoms with Crippen LogP contribution in [0.1, 0.15) is 28.8 Å². The number of carbonyl (C=O) groups excluding carboxylic acids is 2. The standard InChI is InChI=1S/C20H22N2O2S/c1-21(13-18-6-3-9-25-18)20(24)16-11-19(23)22(12-16)17-8-7-14-4-2-5-15(14)10-17/h3,6-10,16H,2,4-5,11-13H2,1H3/t16-/m0/s1. The third-order valence-corrected chi connectivity index (χ3v) is 6.08. The second-order valence-electron chi connectivity index (χ2n) is 6.99. The summed E-state index contributed by atoms with van der Waals surface area (Å²) in [4.78, 5) is 29.9. The molecule has 1 aliphatic carbocycles. The van der Waals surface area contributed by atoms with Gasteiger partial charge in [-0.2, -0.15) is 0 Å². The summed E-state index contributed by atoms with van der Waals surface area (Å²) in [5.41, 5.74) is 3.70. The van der Waals surface area contributed by atoms with Gasteiger partial charge < -0.3 is 9.80 Å². The minimum absolute atomic E-state index is 0.0563. The molecule has 0 N–H and O–H groups in total. The van der Waals surface area contributed by atoms with E-state index in [0.29, 0.717) is 19.5 Å². The number of rotatable bonds is 4. The minimum Gasteiger partial charge on any atom is -0.340 e. The van der Waals surface area contributed by atoms with E-state index >= 15 is 0 Å². The molecule has 2 amide bonds. The van der Waals surface area contributed by atoms with E-state index in [1.807, 2.05) is 30.6 Å². The predicted octanol–water partition coefficient (Wildman–Crippen LogP) is 3.25.